The van der Waals surface area contributed by atoms with Gasteiger partial charge >= 0.3 is 5.97 Å². The molecule has 0 fully saturated rings. The average molecular weight is 282 g/mol. The number of carboxylic acid groups (broad SMARTS) is 1. The predicted molar refractivity (Wildman–Crippen MR) is 78.4 cm³/mol. The fourth-order valence-corrected chi connectivity index (χ4v) is 1.61. The monoisotopic (exact) mass is 282 g/mol. The molecule has 0 aromatic rings. The number of ketones is 1. The fraction of sp³-hybridized carbons (Fsp3) is 0.750. The number of rotatable bonds is 8. The molecular weight excluding hydrogens is 256 g/mol. The molecule has 0 spiro atoms. The molecule has 1 unspecified atom stereocenters. The molecule has 0 heterocycles. The first-order chi connectivity index (χ1) is 9.24. The summed E-state index contributed by atoms with van der Waals surface area (Å²) in [7, 11) is 0. The van der Waals surface area contributed by atoms with Crippen LogP contribution in [0.5, 0.6) is 0 Å². The van der Waals surface area contributed by atoms with Gasteiger partial charge in [-0.15, -0.1) is 0 Å². The number of ether oxygens (including phenoxy) is 1. The Morgan fingerprint density at radius 3 is 2.35 bits per heavy atom. The maximum atomic E-state index is 11.5. The second-order valence-electron chi connectivity index (χ2n) is 5.80. The fourth-order valence-electron chi connectivity index (χ4n) is 1.61. The third-order valence-electron chi connectivity index (χ3n) is 2.50. The SMILES string of the molecule is CCCCCC(C#CC(=O)CCC(=O)O)OC(C)(C)C. The number of hydrogen-bond donors (Lipinski definition) is 1. The van der Waals surface area contributed by atoms with Gasteiger partial charge in [-0.25, -0.2) is 0 Å². The van der Waals surface area contributed by atoms with Gasteiger partial charge in [0, 0.05) is 6.42 Å². The highest BCUT2D eigenvalue weighted by molar-refractivity contribution is 5.96. The molecule has 0 aromatic heterocycles. The van der Waals surface area contributed by atoms with E-state index in [2.05, 4.69) is 18.8 Å². The van der Waals surface area contributed by atoms with Crippen molar-refractivity contribution < 1.29 is 19.4 Å². The van der Waals surface area contributed by atoms with E-state index in [1.165, 1.54) is 0 Å². The minimum absolute atomic E-state index is 0.0421. The van der Waals surface area contributed by atoms with E-state index in [1.54, 1.807) is 0 Å². The van der Waals surface area contributed by atoms with Gasteiger partial charge in [-0.2, -0.15) is 0 Å². The zero-order valence-corrected chi connectivity index (χ0v) is 13.0. The Morgan fingerprint density at radius 2 is 1.85 bits per heavy atom. The molecule has 0 radical (unpaired) electrons. The lowest BCUT2D eigenvalue weighted by Crippen LogP contribution is -2.26. The first-order valence-corrected chi connectivity index (χ1v) is 7.18. The Hall–Kier alpha value is -1.34. The van der Waals surface area contributed by atoms with Crippen LogP contribution in [0.15, 0.2) is 0 Å². The van der Waals surface area contributed by atoms with E-state index in [1.807, 2.05) is 20.8 Å². The smallest absolute Gasteiger partial charge is 0.303 e. The largest absolute Gasteiger partial charge is 0.481 e. The van der Waals surface area contributed by atoms with Gasteiger partial charge in [0.1, 0.15) is 6.10 Å². The number of Topliss-reactive ketones (excluding diaryl/α,β-unsaturated/α-hetero) is 1. The van der Waals surface area contributed by atoms with Crippen LogP contribution in [0.2, 0.25) is 0 Å². The highest BCUT2D eigenvalue weighted by atomic mass is 16.5. The molecule has 0 amide bonds. The van der Waals surface area contributed by atoms with Crippen LogP contribution in [0.25, 0.3) is 0 Å². The van der Waals surface area contributed by atoms with Crippen molar-refractivity contribution in [2.75, 3.05) is 0 Å². The molecule has 1 atom stereocenters. The Kier molecular flexibility index (Phi) is 8.91. The summed E-state index contributed by atoms with van der Waals surface area (Å²) in [4.78, 5) is 21.8. The van der Waals surface area contributed by atoms with Gasteiger partial charge < -0.3 is 9.84 Å². The molecule has 0 aromatic carbocycles. The third-order valence-corrected chi connectivity index (χ3v) is 2.50. The molecule has 4 heteroatoms. The average Bonchev–Trinajstić information content (AvgIpc) is 2.31. The molecule has 114 valence electrons. The van der Waals surface area contributed by atoms with Crippen molar-refractivity contribution in [3.63, 3.8) is 0 Å². The minimum atomic E-state index is -0.981. The summed E-state index contributed by atoms with van der Waals surface area (Å²) in [6.45, 7) is 7.98. The lowest BCUT2D eigenvalue weighted by Gasteiger charge is -2.24. The van der Waals surface area contributed by atoms with Gasteiger partial charge in [0.05, 0.1) is 12.0 Å². The van der Waals surface area contributed by atoms with Crippen molar-refractivity contribution in [2.24, 2.45) is 0 Å². The number of carbonyl (C=O) groups is 2. The molecular formula is C16H26O4. The molecule has 0 saturated carbocycles. The van der Waals surface area contributed by atoms with E-state index in [0.717, 1.165) is 25.7 Å². The zero-order chi connectivity index (χ0) is 15.6. The van der Waals surface area contributed by atoms with Gasteiger partial charge in [-0.1, -0.05) is 25.7 Å². The molecule has 20 heavy (non-hydrogen) atoms. The van der Waals surface area contributed by atoms with E-state index in [-0.39, 0.29) is 30.3 Å². The summed E-state index contributed by atoms with van der Waals surface area (Å²) in [5.41, 5.74) is -0.310. The van der Waals surface area contributed by atoms with E-state index in [0.29, 0.717) is 0 Å². The molecule has 0 bridgehead atoms. The summed E-state index contributed by atoms with van der Waals surface area (Å²) < 4.78 is 5.82. The van der Waals surface area contributed by atoms with Gasteiger partial charge in [0.2, 0.25) is 5.78 Å². The Balaban J connectivity index is 4.46. The molecule has 0 aliphatic heterocycles. The van der Waals surface area contributed by atoms with E-state index < -0.39 is 5.97 Å². The van der Waals surface area contributed by atoms with Crippen LogP contribution in [-0.2, 0) is 14.3 Å². The summed E-state index contributed by atoms with van der Waals surface area (Å²) in [5.74, 6) is 4.03. The first kappa shape index (κ1) is 18.7. The summed E-state index contributed by atoms with van der Waals surface area (Å²) in [6, 6.07) is 0. The third kappa shape index (κ3) is 11.7. The summed E-state index contributed by atoms with van der Waals surface area (Å²) in [6.07, 6.45) is 3.55. The topological polar surface area (TPSA) is 63.6 Å². The normalized spacial score (nSPS) is 12.4. The van der Waals surface area contributed by atoms with Crippen molar-refractivity contribution in [3.8, 4) is 11.8 Å². The second-order valence-corrected chi connectivity index (χ2v) is 5.80. The zero-order valence-electron chi connectivity index (χ0n) is 13.0. The van der Waals surface area contributed by atoms with E-state index in [4.69, 9.17) is 9.84 Å². The van der Waals surface area contributed by atoms with Crippen molar-refractivity contribution in [3.05, 3.63) is 0 Å². The number of unbranched alkanes of at least 4 members (excludes halogenated alkanes) is 2. The summed E-state index contributed by atoms with van der Waals surface area (Å²) in [5, 5.41) is 8.51. The first-order valence-electron chi connectivity index (χ1n) is 7.18. The van der Waals surface area contributed by atoms with E-state index in [9.17, 15) is 9.59 Å². The van der Waals surface area contributed by atoms with Crippen molar-refractivity contribution in [2.45, 2.75) is 77.9 Å². The number of hydrogen-bond acceptors (Lipinski definition) is 3. The lowest BCUT2D eigenvalue weighted by atomic mass is 10.1. The van der Waals surface area contributed by atoms with Crippen molar-refractivity contribution in [1.82, 2.24) is 0 Å². The Labute approximate surface area is 121 Å². The van der Waals surface area contributed by atoms with Crippen LogP contribution in [0, 0.1) is 11.8 Å². The Bertz CT molecular complexity index is 368. The highest BCUT2D eigenvalue weighted by Crippen LogP contribution is 2.15. The number of carbonyl (C=O) groups excluding carboxylic acids is 1. The minimum Gasteiger partial charge on any atom is -0.481 e. The highest BCUT2D eigenvalue weighted by Gasteiger charge is 2.17. The molecule has 4 nitrogen and oxygen atoms in total. The van der Waals surface area contributed by atoms with Crippen LogP contribution in [0.4, 0.5) is 0 Å². The Morgan fingerprint density at radius 1 is 1.20 bits per heavy atom. The predicted octanol–water partition coefficient (Wildman–Crippen LogP) is 3.19. The molecule has 1 N–H and O–H groups in total. The second kappa shape index (κ2) is 9.55. The van der Waals surface area contributed by atoms with Gasteiger partial charge in [0.15, 0.2) is 0 Å². The van der Waals surface area contributed by atoms with Crippen LogP contribution in [0.1, 0.15) is 66.2 Å². The quantitative estimate of drug-likeness (QED) is 0.422. The van der Waals surface area contributed by atoms with Gasteiger partial charge in [-0.3, -0.25) is 9.59 Å². The van der Waals surface area contributed by atoms with Crippen LogP contribution >= 0.6 is 0 Å². The van der Waals surface area contributed by atoms with Gasteiger partial charge in [-0.05, 0) is 39.5 Å². The maximum Gasteiger partial charge on any atom is 0.303 e. The van der Waals surface area contributed by atoms with Gasteiger partial charge in [0.25, 0.3) is 0 Å². The number of carboxylic acids is 1. The maximum absolute atomic E-state index is 11.5. The summed E-state index contributed by atoms with van der Waals surface area (Å²) >= 11 is 0. The lowest BCUT2D eigenvalue weighted by molar-refractivity contribution is -0.138. The molecule has 0 aliphatic rings. The van der Waals surface area contributed by atoms with Crippen LogP contribution in [0.3, 0.4) is 0 Å². The van der Waals surface area contributed by atoms with Crippen molar-refractivity contribution in [1.29, 1.82) is 0 Å². The van der Waals surface area contributed by atoms with Crippen molar-refractivity contribution >= 4 is 11.8 Å². The number of aliphatic carboxylic acids is 1. The standard InChI is InChI=1S/C16H26O4/c1-5-6-7-8-14(20-16(2,3)4)11-9-13(17)10-12-15(18)19/h14H,5-8,10,12H2,1-4H3,(H,18,19). The molecule has 0 saturated heterocycles. The molecule has 0 rings (SSSR count). The van der Waals surface area contributed by atoms with E-state index >= 15 is 0 Å². The molecule has 0 aliphatic carbocycles. The van der Waals surface area contributed by atoms with Crippen LogP contribution < -0.4 is 0 Å². The van der Waals surface area contributed by atoms with Crippen LogP contribution in [-0.4, -0.2) is 28.6 Å².